The maximum absolute atomic E-state index is 12.4. The maximum atomic E-state index is 12.4. The summed E-state index contributed by atoms with van der Waals surface area (Å²) < 4.78 is 5.41. The molecule has 0 aromatic heterocycles. The van der Waals surface area contributed by atoms with Crippen molar-refractivity contribution in [2.75, 3.05) is 13.7 Å². The third kappa shape index (κ3) is 3.77. The molecule has 6 heteroatoms. The summed E-state index contributed by atoms with van der Waals surface area (Å²) in [6.45, 7) is 2.13. The number of amides is 1. The number of methoxy groups -OCH3 is 1. The number of carbonyl (C=O) groups is 1. The van der Waals surface area contributed by atoms with E-state index >= 15 is 0 Å². The van der Waals surface area contributed by atoms with Crippen LogP contribution in [0.15, 0.2) is 77.8 Å². The molecule has 0 saturated heterocycles. The Hall–Kier alpha value is -3.64. The molecular formula is C24H24N4O2. The normalized spacial score (nSPS) is 15.2. The predicted octanol–water partition coefficient (Wildman–Crippen LogP) is 3.48. The second kappa shape index (κ2) is 8.39. The Morgan fingerprint density at radius 3 is 2.63 bits per heavy atom. The molecule has 0 unspecified atom stereocenters. The molecule has 1 aliphatic rings. The van der Waals surface area contributed by atoms with E-state index in [4.69, 9.17) is 15.6 Å². The van der Waals surface area contributed by atoms with Crippen molar-refractivity contribution in [1.29, 1.82) is 0 Å². The maximum Gasteiger partial charge on any atom is 0.253 e. The summed E-state index contributed by atoms with van der Waals surface area (Å²) in [5.74, 6) is 6.57. The van der Waals surface area contributed by atoms with Crippen molar-refractivity contribution < 1.29 is 9.53 Å². The Bertz CT molecular complexity index is 1100. The number of rotatable bonds is 5. The zero-order valence-corrected chi connectivity index (χ0v) is 17.0. The number of amidine groups is 1. The summed E-state index contributed by atoms with van der Waals surface area (Å²) in [4.78, 5) is 19.3. The number of ether oxygens (including phenoxy) is 1. The number of fused-ring (bicyclic) bond motifs is 1. The van der Waals surface area contributed by atoms with Gasteiger partial charge in [-0.05, 0) is 30.7 Å². The number of hydrogen-bond acceptors (Lipinski definition) is 5. The fourth-order valence-electron chi connectivity index (χ4n) is 3.82. The van der Waals surface area contributed by atoms with Gasteiger partial charge < -0.3 is 9.64 Å². The molecule has 0 radical (unpaired) electrons. The van der Waals surface area contributed by atoms with Gasteiger partial charge in [-0.2, -0.15) is 0 Å². The number of nitrogens with zero attached hydrogens (tertiary/aromatic N) is 2. The Kier molecular flexibility index (Phi) is 5.50. The number of nitrogens with one attached hydrogen (secondary N) is 1. The highest BCUT2D eigenvalue weighted by Crippen LogP contribution is 2.40. The van der Waals surface area contributed by atoms with Crippen molar-refractivity contribution in [1.82, 2.24) is 10.3 Å². The zero-order chi connectivity index (χ0) is 21.1. The van der Waals surface area contributed by atoms with Crippen molar-refractivity contribution >= 4 is 17.4 Å². The summed E-state index contributed by atoms with van der Waals surface area (Å²) in [5.41, 5.74) is 7.27. The van der Waals surface area contributed by atoms with Crippen LogP contribution in [0.2, 0.25) is 0 Å². The molecule has 0 saturated carbocycles. The average Bonchev–Trinajstić information content (AvgIpc) is 2.79. The van der Waals surface area contributed by atoms with Gasteiger partial charge in [0.2, 0.25) is 0 Å². The first-order valence-electron chi connectivity index (χ1n) is 9.75. The monoisotopic (exact) mass is 400 g/mol. The fraction of sp³-hybridized carbons (Fsp3) is 0.167. The molecule has 1 atom stereocenters. The van der Waals surface area contributed by atoms with Crippen molar-refractivity contribution in [3.8, 4) is 5.75 Å². The predicted molar refractivity (Wildman–Crippen MR) is 118 cm³/mol. The van der Waals surface area contributed by atoms with Gasteiger partial charge in [0.1, 0.15) is 18.1 Å². The van der Waals surface area contributed by atoms with Gasteiger partial charge in [0.05, 0.1) is 18.8 Å². The minimum Gasteiger partial charge on any atom is -0.497 e. The molecule has 0 spiro atoms. The Morgan fingerprint density at radius 2 is 1.90 bits per heavy atom. The lowest BCUT2D eigenvalue weighted by Crippen LogP contribution is -2.46. The second-order valence-electron chi connectivity index (χ2n) is 7.24. The molecule has 3 aromatic carbocycles. The van der Waals surface area contributed by atoms with Crippen LogP contribution in [0.3, 0.4) is 0 Å². The summed E-state index contributed by atoms with van der Waals surface area (Å²) in [5, 5.41) is 0. The molecule has 6 nitrogen and oxygen atoms in total. The number of carbonyl (C=O) groups excluding carboxylic acids is 1. The topological polar surface area (TPSA) is 80.0 Å². The largest absolute Gasteiger partial charge is 0.497 e. The molecule has 3 N–H and O–H groups in total. The van der Waals surface area contributed by atoms with Crippen LogP contribution in [0.5, 0.6) is 5.75 Å². The van der Waals surface area contributed by atoms with E-state index in [1.807, 2.05) is 53.4 Å². The van der Waals surface area contributed by atoms with Crippen LogP contribution in [0.4, 0.5) is 5.69 Å². The Balaban J connectivity index is 1.94. The van der Waals surface area contributed by atoms with Gasteiger partial charge in [0, 0.05) is 11.1 Å². The highest BCUT2D eigenvalue weighted by atomic mass is 16.5. The van der Waals surface area contributed by atoms with E-state index < -0.39 is 0 Å². The molecule has 0 aliphatic carbocycles. The lowest BCUT2D eigenvalue weighted by Gasteiger charge is -2.38. The van der Waals surface area contributed by atoms with E-state index in [-0.39, 0.29) is 18.5 Å². The summed E-state index contributed by atoms with van der Waals surface area (Å²) in [6, 6.07) is 23.8. The molecule has 0 bridgehead atoms. The summed E-state index contributed by atoms with van der Waals surface area (Å²) in [6.07, 6.45) is 0. The molecule has 1 amide bonds. The average molecular weight is 400 g/mol. The quantitative estimate of drug-likeness (QED) is 0.390. The van der Waals surface area contributed by atoms with E-state index in [0.29, 0.717) is 5.84 Å². The highest BCUT2D eigenvalue weighted by Gasteiger charge is 2.33. The van der Waals surface area contributed by atoms with Crippen LogP contribution in [-0.4, -0.2) is 30.3 Å². The molecule has 1 heterocycles. The second-order valence-corrected chi connectivity index (χ2v) is 7.24. The zero-order valence-electron chi connectivity index (χ0n) is 17.0. The first kappa shape index (κ1) is 19.7. The van der Waals surface area contributed by atoms with Crippen molar-refractivity contribution in [2.24, 2.45) is 10.8 Å². The van der Waals surface area contributed by atoms with E-state index in [1.54, 1.807) is 7.11 Å². The number of nitrogens with two attached hydrogens (primary N) is 1. The lowest BCUT2D eigenvalue weighted by atomic mass is 9.91. The number of hydrogen-bond donors (Lipinski definition) is 2. The summed E-state index contributed by atoms with van der Waals surface area (Å²) >= 11 is 0. The SMILES string of the molecule is COc1cccc(C2=Nc3ccc(C)cc3[C@H](c3ccccc3)N2CC(=O)NN)c1. The van der Waals surface area contributed by atoms with E-state index in [0.717, 1.165) is 33.7 Å². The third-order valence-electron chi connectivity index (χ3n) is 5.21. The Labute approximate surface area is 176 Å². The number of aryl methyl sites for hydroxylation is 1. The van der Waals surface area contributed by atoms with Gasteiger partial charge in [-0.1, -0.05) is 60.2 Å². The van der Waals surface area contributed by atoms with Gasteiger partial charge in [-0.25, -0.2) is 10.8 Å². The van der Waals surface area contributed by atoms with Crippen LogP contribution in [0, 0.1) is 6.92 Å². The van der Waals surface area contributed by atoms with E-state index in [9.17, 15) is 4.79 Å². The molecular weight excluding hydrogens is 376 g/mol. The van der Waals surface area contributed by atoms with Crippen molar-refractivity contribution in [2.45, 2.75) is 13.0 Å². The van der Waals surface area contributed by atoms with Crippen LogP contribution in [0.25, 0.3) is 0 Å². The van der Waals surface area contributed by atoms with Gasteiger partial charge in [-0.15, -0.1) is 0 Å². The van der Waals surface area contributed by atoms with Crippen LogP contribution in [0.1, 0.15) is 28.3 Å². The molecule has 0 fully saturated rings. The standard InChI is InChI=1S/C24H24N4O2/c1-16-11-12-21-20(13-16)23(17-7-4-3-5-8-17)28(15-22(29)27-25)24(26-21)18-9-6-10-19(14-18)30-2/h3-14,23H,15,25H2,1-2H3,(H,27,29)/t23-/m0/s1. The molecule has 4 rings (SSSR count). The van der Waals surface area contributed by atoms with Gasteiger partial charge in [0.15, 0.2) is 0 Å². The molecule has 3 aromatic rings. The summed E-state index contributed by atoms with van der Waals surface area (Å²) in [7, 11) is 1.63. The van der Waals surface area contributed by atoms with Gasteiger partial charge in [0.25, 0.3) is 5.91 Å². The number of aliphatic imine (C=N–C) groups is 1. The van der Waals surface area contributed by atoms with Crippen LogP contribution >= 0.6 is 0 Å². The van der Waals surface area contributed by atoms with E-state index in [1.165, 1.54) is 0 Å². The van der Waals surface area contributed by atoms with Crippen molar-refractivity contribution in [3.63, 3.8) is 0 Å². The first-order valence-corrected chi connectivity index (χ1v) is 9.75. The third-order valence-corrected chi connectivity index (χ3v) is 5.21. The molecule has 30 heavy (non-hydrogen) atoms. The number of hydrazine groups is 1. The van der Waals surface area contributed by atoms with Gasteiger partial charge >= 0.3 is 0 Å². The molecule has 152 valence electrons. The van der Waals surface area contributed by atoms with Crippen LogP contribution in [-0.2, 0) is 4.79 Å². The number of benzene rings is 3. The minimum absolute atomic E-state index is 0.0689. The Morgan fingerprint density at radius 1 is 1.10 bits per heavy atom. The van der Waals surface area contributed by atoms with Gasteiger partial charge in [-0.3, -0.25) is 10.2 Å². The minimum atomic E-state index is -0.289. The smallest absolute Gasteiger partial charge is 0.253 e. The molecule has 1 aliphatic heterocycles. The highest BCUT2D eigenvalue weighted by molar-refractivity contribution is 6.04. The van der Waals surface area contributed by atoms with E-state index in [2.05, 4.69) is 36.6 Å². The first-order chi connectivity index (χ1) is 14.6. The lowest BCUT2D eigenvalue weighted by molar-refractivity contribution is -0.121. The fourth-order valence-corrected chi connectivity index (χ4v) is 3.82. The van der Waals surface area contributed by atoms with Crippen LogP contribution < -0.4 is 16.0 Å². The van der Waals surface area contributed by atoms with Crippen molar-refractivity contribution in [3.05, 3.63) is 95.1 Å².